The summed E-state index contributed by atoms with van der Waals surface area (Å²) in [5.74, 6) is 1.08. The van der Waals surface area contributed by atoms with Gasteiger partial charge in [0.1, 0.15) is 11.9 Å². The number of nitrogens with one attached hydrogen (secondary N) is 1. The maximum absolute atomic E-state index is 6.21. The van der Waals surface area contributed by atoms with Crippen LogP contribution in [0.3, 0.4) is 0 Å². The molecule has 0 aliphatic carbocycles. The molecular formula is C15H22N2O. The van der Waals surface area contributed by atoms with E-state index < -0.39 is 0 Å². The van der Waals surface area contributed by atoms with Crippen LogP contribution >= 0.6 is 0 Å². The third-order valence-corrected chi connectivity index (χ3v) is 4.00. The summed E-state index contributed by atoms with van der Waals surface area (Å²) in [4.78, 5) is 2.33. The first-order valence-electron chi connectivity index (χ1n) is 7.00. The highest BCUT2D eigenvalue weighted by Gasteiger charge is 2.24. The molecule has 1 N–H and O–H groups in total. The summed E-state index contributed by atoms with van der Waals surface area (Å²) in [6.45, 7) is 3.33. The van der Waals surface area contributed by atoms with Gasteiger partial charge in [-0.1, -0.05) is 18.2 Å². The van der Waals surface area contributed by atoms with Gasteiger partial charge in [0, 0.05) is 24.7 Å². The van der Waals surface area contributed by atoms with E-state index in [1.54, 1.807) is 0 Å². The minimum absolute atomic E-state index is 0.359. The average Bonchev–Trinajstić information content (AvgIpc) is 3.02. The number of benzene rings is 1. The summed E-state index contributed by atoms with van der Waals surface area (Å²) in [5, 5.41) is 3.56. The average molecular weight is 246 g/mol. The summed E-state index contributed by atoms with van der Waals surface area (Å²) in [7, 11) is 2.16. The molecule has 3 heteroatoms. The Labute approximate surface area is 109 Å². The Bertz CT molecular complexity index is 401. The van der Waals surface area contributed by atoms with Gasteiger partial charge in [-0.15, -0.1) is 0 Å². The SMILES string of the molecule is CN1CCC(Oc2ccccc2C2CCCN2)C1. The number of rotatable bonds is 3. The molecule has 0 saturated carbocycles. The molecule has 0 aromatic heterocycles. The summed E-state index contributed by atoms with van der Waals surface area (Å²) in [6, 6.07) is 9.00. The van der Waals surface area contributed by atoms with Crippen molar-refractivity contribution in [3.8, 4) is 5.75 Å². The fraction of sp³-hybridized carbons (Fsp3) is 0.600. The number of nitrogens with zero attached hydrogens (tertiary/aromatic N) is 1. The lowest BCUT2D eigenvalue weighted by molar-refractivity contribution is 0.205. The van der Waals surface area contributed by atoms with Gasteiger partial charge in [0.05, 0.1) is 0 Å². The lowest BCUT2D eigenvalue weighted by Crippen LogP contribution is -2.23. The van der Waals surface area contributed by atoms with Crippen LogP contribution in [0.15, 0.2) is 24.3 Å². The van der Waals surface area contributed by atoms with E-state index in [1.807, 2.05) is 0 Å². The summed E-state index contributed by atoms with van der Waals surface area (Å²) >= 11 is 0. The van der Waals surface area contributed by atoms with Crippen LogP contribution in [0.4, 0.5) is 0 Å². The molecule has 18 heavy (non-hydrogen) atoms. The van der Waals surface area contributed by atoms with E-state index in [2.05, 4.69) is 41.5 Å². The van der Waals surface area contributed by atoms with Gasteiger partial charge >= 0.3 is 0 Å². The van der Waals surface area contributed by atoms with Crippen LogP contribution < -0.4 is 10.1 Å². The molecule has 98 valence electrons. The molecule has 1 aromatic carbocycles. The fourth-order valence-corrected chi connectivity index (χ4v) is 3.00. The second-order valence-electron chi connectivity index (χ2n) is 5.48. The molecule has 0 radical (unpaired) electrons. The number of hydrogen-bond acceptors (Lipinski definition) is 3. The van der Waals surface area contributed by atoms with Gasteiger partial charge in [-0.05, 0) is 38.9 Å². The van der Waals surface area contributed by atoms with Crippen molar-refractivity contribution in [3.05, 3.63) is 29.8 Å². The van der Waals surface area contributed by atoms with Crippen molar-refractivity contribution in [2.75, 3.05) is 26.7 Å². The van der Waals surface area contributed by atoms with Crippen molar-refractivity contribution < 1.29 is 4.74 Å². The Morgan fingerprint density at radius 2 is 2.17 bits per heavy atom. The Kier molecular flexibility index (Phi) is 3.52. The molecule has 0 amide bonds. The van der Waals surface area contributed by atoms with Crippen LogP contribution in [-0.2, 0) is 0 Å². The molecule has 2 aliphatic rings. The van der Waals surface area contributed by atoms with E-state index in [-0.39, 0.29) is 0 Å². The second kappa shape index (κ2) is 5.29. The highest BCUT2D eigenvalue weighted by atomic mass is 16.5. The van der Waals surface area contributed by atoms with E-state index >= 15 is 0 Å². The summed E-state index contributed by atoms with van der Waals surface area (Å²) in [6.07, 6.45) is 4.00. The van der Waals surface area contributed by atoms with Crippen LogP contribution in [0.25, 0.3) is 0 Å². The summed E-state index contributed by atoms with van der Waals surface area (Å²) in [5.41, 5.74) is 1.34. The molecule has 0 bridgehead atoms. The monoisotopic (exact) mass is 246 g/mol. The minimum Gasteiger partial charge on any atom is -0.489 e. The zero-order valence-electron chi connectivity index (χ0n) is 11.1. The van der Waals surface area contributed by atoms with E-state index in [1.165, 1.54) is 18.4 Å². The molecule has 2 aliphatic heterocycles. The molecule has 2 saturated heterocycles. The predicted molar refractivity (Wildman–Crippen MR) is 72.9 cm³/mol. The quantitative estimate of drug-likeness (QED) is 0.885. The predicted octanol–water partition coefficient (Wildman–Crippen LogP) is 2.19. The lowest BCUT2D eigenvalue weighted by Gasteiger charge is -2.20. The molecule has 1 aromatic rings. The van der Waals surface area contributed by atoms with Gasteiger partial charge in [0.25, 0.3) is 0 Å². The van der Waals surface area contributed by atoms with Crippen molar-refractivity contribution in [2.45, 2.75) is 31.4 Å². The molecule has 2 unspecified atom stereocenters. The second-order valence-corrected chi connectivity index (χ2v) is 5.48. The van der Waals surface area contributed by atoms with Gasteiger partial charge in [0.15, 0.2) is 0 Å². The largest absolute Gasteiger partial charge is 0.489 e. The first-order chi connectivity index (χ1) is 8.83. The molecule has 2 atom stereocenters. The number of ether oxygens (including phenoxy) is 1. The van der Waals surface area contributed by atoms with Crippen molar-refractivity contribution >= 4 is 0 Å². The van der Waals surface area contributed by atoms with Crippen molar-refractivity contribution in [1.29, 1.82) is 0 Å². The van der Waals surface area contributed by atoms with Crippen molar-refractivity contribution in [3.63, 3.8) is 0 Å². The van der Waals surface area contributed by atoms with Gasteiger partial charge in [0.2, 0.25) is 0 Å². The maximum Gasteiger partial charge on any atom is 0.124 e. The molecular weight excluding hydrogens is 224 g/mol. The van der Waals surface area contributed by atoms with E-state index in [0.717, 1.165) is 31.8 Å². The van der Waals surface area contributed by atoms with Crippen molar-refractivity contribution in [1.82, 2.24) is 10.2 Å². The van der Waals surface area contributed by atoms with Gasteiger partial charge in [-0.3, -0.25) is 0 Å². The number of likely N-dealkylation sites (tertiary alicyclic amines) is 1. The van der Waals surface area contributed by atoms with Crippen LogP contribution in [0.2, 0.25) is 0 Å². The lowest BCUT2D eigenvalue weighted by atomic mass is 10.0. The smallest absolute Gasteiger partial charge is 0.124 e. The number of hydrogen-bond donors (Lipinski definition) is 1. The molecule has 3 rings (SSSR count). The first kappa shape index (κ1) is 12.0. The Hall–Kier alpha value is -1.06. The standard InChI is InChI=1S/C15H22N2O/c1-17-10-8-12(11-17)18-15-7-3-2-5-13(15)14-6-4-9-16-14/h2-3,5,7,12,14,16H,4,6,8-11H2,1H3. The molecule has 0 spiro atoms. The third kappa shape index (κ3) is 2.52. The number of para-hydroxylation sites is 1. The first-order valence-corrected chi connectivity index (χ1v) is 7.00. The fourth-order valence-electron chi connectivity index (χ4n) is 3.00. The minimum atomic E-state index is 0.359. The van der Waals surface area contributed by atoms with Gasteiger partial charge in [-0.25, -0.2) is 0 Å². The summed E-state index contributed by atoms with van der Waals surface area (Å²) < 4.78 is 6.21. The van der Waals surface area contributed by atoms with Gasteiger partial charge in [-0.2, -0.15) is 0 Å². The highest BCUT2D eigenvalue weighted by Crippen LogP contribution is 2.31. The highest BCUT2D eigenvalue weighted by molar-refractivity contribution is 5.36. The Morgan fingerprint density at radius 1 is 1.28 bits per heavy atom. The topological polar surface area (TPSA) is 24.5 Å². The van der Waals surface area contributed by atoms with Crippen LogP contribution in [0.5, 0.6) is 5.75 Å². The van der Waals surface area contributed by atoms with Crippen molar-refractivity contribution in [2.24, 2.45) is 0 Å². The maximum atomic E-state index is 6.21. The Morgan fingerprint density at radius 3 is 2.89 bits per heavy atom. The van der Waals surface area contributed by atoms with Crippen LogP contribution in [0.1, 0.15) is 30.9 Å². The molecule has 3 nitrogen and oxygen atoms in total. The zero-order chi connectivity index (χ0) is 12.4. The number of likely N-dealkylation sites (N-methyl/N-ethyl adjacent to an activating group) is 1. The normalized spacial score (nSPS) is 28.7. The van der Waals surface area contributed by atoms with E-state index in [0.29, 0.717) is 12.1 Å². The zero-order valence-corrected chi connectivity index (χ0v) is 11.1. The van der Waals surface area contributed by atoms with Crippen LogP contribution in [0, 0.1) is 0 Å². The van der Waals surface area contributed by atoms with Gasteiger partial charge < -0.3 is 15.0 Å². The third-order valence-electron chi connectivity index (χ3n) is 4.00. The molecule has 2 fully saturated rings. The van der Waals surface area contributed by atoms with E-state index in [4.69, 9.17) is 4.74 Å². The Balaban J connectivity index is 1.74. The van der Waals surface area contributed by atoms with E-state index in [9.17, 15) is 0 Å². The molecule has 2 heterocycles. The van der Waals surface area contributed by atoms with Crippen LogP contribution in [-0.4, -0.2) is 37.7 Å².